The normalized spacial score (nSPS) is 12.4. The van der Waals surface area contributed by atoms with Crippen molar-refractivity contribution in [3.8, 4) is 0 Å². The van der Waals surface area contributed by atoms with Crippen LogP contribution in [0.4, 0.5) is 5.69 Å². The number of sulfonamides is 1. The van der Waals surface area contributed by atoms with E-state index >= 15 is 0 Å². The van der Waals surface area contributed by atoms with Crippen LogP contribution in [0.3, 0.4) is 0 Å². The van der Waals surface area contributed by atoms with E-state index in [0.29, 0.717) is 12.1 Å². The molecule has 0 spiro atoms. The molecule has 18 heavy (non-hydrogen) atoms. The van der Waals surface area contributed by atoms with Gasteiger partial charge in [-0.1, -0.05) is 52.3 Å². The summed E-state index contributed by atoms with van der Waals surface area (Å²) in [5.41, 5.74) is 1.63. The Balaban J connectivity index is 2.98. The molecule has 0 fully saturated rings. The average Bonchev–Trinajstić information content (AvgIpc) is 2.25. The molecular weight excluding hydrogens is 246 g/mol. The molecule has 0 saturated heterocycles. The fourth-order valence-corrected chi connectivity index (χ4v) is 3.06. The predicted octanol–water partition coefficient (Wildman–Crippen LogP) is 3.53. The maximum atomic E-state index is 11.9. The highest BCUT2D eigenvalue weighted by Crippen LogP contribution is 2.29. The Morgan fingerprint density at radius 3 is 2.33 bits per heavy atom. The largest absolute Gasteiger partial charge is 0.283 e. The second-order valence-electron chi connectivity index (χ2n) is 5.57. The van der Waals surface area contributed by atoms with Gasteiger partial charge in [-0.05, 0) is 23.5 Å². The first-order chi connectivity index (χ1) is 8.26. The van der Waals surface area contributed by atoms with E-state index in [1.54, 1.807) is 0 Å². The van der Waals surface area contributed by atoms with Crippen LogP contribution >= 0.6 is 0 Å². The number of hydrogen-bond acceptors (Lipinski definition) is 2. The highest BCUT2D eigenvalue weighted by atomic mass is 32.2. The number of unbranched alkanes of at least 4 members (excludes halogenated alkanes) is 1. The van der Waals surface area contributed by atoms with E-state index in [1.165, 1.54) is 0 Å². The summed E-state index contributed by atoms with van der Waals surface area (Å²) < 4.78 is 26.6. The number of hydrogen-bond donors (Lipinski definition) is 1. The van der Waals surface area contributed by atoms with Gasteiger partial charge in [0.1, 0.15) is 0 Å². The van der Waals surface area contributed by atoms with Crippen molar-refractivity contribution in [3.05, 3.63) is 29.8 Å². The van der Waals surface area contributed by atoms with E-state index in [4.69, 9.17) is 0 Å². The maximum Gasteiger partial charge on any atom is 0.232 e. The van der Waals surface area contributed by atoms with Crippen molar-refractivity contribution in [2.75, 3.05) is 10.5 Å². The Bertz CT molecular complexity index is 487. The Hall–Kier alpha value is -1.03. The van der Waals surface area contributed by atoms with Gasteiger partial charge in [-0.25, -0.2) is 8.42 Å². The van der Waals surface area contributed by atoms with Gasteiger partial charge in [0.2, 0.25) is 10.0 Å². The molecule has 0 bridgehead atoms. The minimum absolute atomic E-state index is 0.0795. The van der Waals surface area contributed by atoms with Gasteiger partial charge in [0.25, 0.3) is 0 Å². The van der Waals surface area contributed by atoms with Crippen molar-refractivity contribution in [1.29, 1.82) is 0 Å². The van der Waals surface area contributed by atoms with Crippen molar-refractivity contribution in [2.24, 2.45) is 0 Å². The molecule has 1 N–H and O–H groups in total. The van der Waals surface area contributed by atoms with Crippen molar-refractivity contribution >= 4 is 15.7 Å². The van der Waals surface area contributed by atoms with Crippen LogP contribution in [-0.2, 0) is 15.4 Å². The lowest BCUT2D eigenvalue weighted by Gasteiger charge is -2.23. The highest BCUT2D eigenvalue weighted by Gasteiger charge is 2.20. The van der Waals surface area contributed by atoms with Crippen LogP contribution in [-0.4, -0.2) is 14.2 Å². The van der Waals surface area contributed by atoms with Crippen molar-refractivity contribution < 1.29 is 8.42 Å². The van der Waals surface area contributed by atoms with E-state index in [0.717, 1.165) is 12.0 Å². The minimum atomic E-state index is -3.23. The Kier molecular flexibility index (Phi) is 4.79. The fraction of sp³-hybridized carbons (Fsp3) is 0.571. The second-order valence-corrected chi connectivity index (χ2v) is 7.41. The molecule has 1 rings (SSSR count). The number of para-hydroxylation sites is 1. The highest BCUT2D eigenvalue weighted by molar-refractivity contribution is 7.92. The van der Waals surface area contributed by atoms with Gasteiger partial charge in [-0.15, -0.1) is 0 Å². The summed E-state index contributed by atoms with van der Waals surface area (Å²) >= 11 is 0. The molecule has 0 aliphatic carbocycles. The molecule has 0 atom stereocenters. The molecule has 0 aromatic heterocycles. The number of nitrogens with one attached hydrogen (secondary N) is 1. The average molecular weight is 269 g/mol. The molecule has 0 aliphatic rings. The second kappa shape index (κ2) is 5.74. The topological polar surface area (TPSA) is 46.2 Å². The van der Waals surface area contributed by atoms with Gasteiger partial charge in [0.05, 0.1) is 11.4 Å². The van der Waals surface area contributed by atoms with E-state index < -0.39 is 10.0 Å². The molecule has 0 heterocycles. The molecule has 3 nitrogen and oxygen atoms in total. The van der Waals surface area contributed by atoms with Crippen LogP contribution < -0.4 is 4.72 Å². The van der Waals surface area contributed by atoms with Gasteiger partial charge in [0.15, 0.2) is 0 Å². The Labute approximate surface area is 111 Å². The zero-order valence-corrected chi connectivity index (χ0v) is 12.5. The summed E-state index contributed by atoms with van der Waals surface area (Å²) in [7, 11) is -3.23. The summed E-state index contributed by atoms with van der Waals surface area (Å²) in [4.78, 5) is 0. The van der Waals surface area contributed by atoms with E-state index in [1.807, 2.05) is 31.2 Å². The number of benzene rings is 1. The molecular formula is C14H23NO2S. The maximum absolute atomic E-state index is 11.9. The molecule has 102 valence electrons. The molecule has 0 aliphatic heterocycles. The third-order valence-corrected chi connectivity index (χ3v) is 4.12. The molecule has 0 unspecified atom stereocenters. The zero-order valence-electron chi connectivity index (χ0n) is 11.7. The monoisotopic (exact) mass is 269 g/mol. The summed E-state index contributed by atoms with van der Waals surface area (Å²) in [6.07, 6.45) is 1.56. The van der Waals surface area contributed by atoms with Crippen LogP contribution in [0.1, 0.15) is 46.1 Å². The molecule has 0 amide bonds. The molecule has 0 radical (unpaired) electrons. The van der Waals surface area contributed by atoms with Gasteiger partial charge < -0.3 is 0 Å². The van der Waals surface area contributed by atoms with Gasteiger partial charge in [-0.2, -0.15) is 0 Å². The number of rotatable bonds is 5. The van der Waals surface area contributed by atoms with Crippen LogP contribution in [0.2, 0.25) is 0 Å². The molecule has 1 aromatic rings. The standard InChI is InChI=1S/C14H23NO2S/c1-5-6-11-18(16,17)15-13-10-8-7-9-12(13)14(2,3)4/h7-10,15H,5-6,11H2,1-4H3. The predicted molar refractivity (Wildman–Crippen MR) is 77.5 cm³/mol. The van der Waals surface area contributed by atoms with Gasteiger partial charge in [-0.3, -0.25) is 4.72 Å². The van der Waals surface area contributed by atoms with Crippen molar-refractivity contribution in [3.63, 3.8) is 0 Å². The Morgan fingerprint density at radius 1 is 1.17 bits per heavy atom. The van der Waals surface area contributed by atoms with Crippen molar-refractivity contribution in [2.45, 2.75) is 46.0 Å². The van der Waals surface area contributed by atoms with Crippen LogP contribution in [0.5, 0.6) is 0 Å². The first-order valence-electron chi connectivity index (χ1n) is 6.36. The van der Waals surface area contributed by atoms with Crippen LogP contribution in [0.15, 0.2) is 24.3 Å². The molecule has 0 saturated carbocycles. The lowest BCUT2D eigenvalue weighted by Crippen LogP contribution is -2.20. The lowest BCUT2D eigenvalue weighted by molar-refractivity contribution is 0.589. The SMILES string of the molecule is CCCCS(=O)(=O)Nc1ccccc1C(C)(C)C. The Morgan fingerprint density at radius 2 is 1.78 bits per heavy atom. The van der Waals surface area contributed by atoms with E-state index in [2.05, 4.69) is 25.5 Å². The minimum Gasteiger partial charge on any atom is -0.283 e. The third kappa shape index (κ3) is 4.33. The summed E-state index contributed by atoms with van der Waals surface area (Å²) in [6.45, 7) is 8.21. The zero-order chi connectivity index (χ0) is 13.8. The summed E-state index contributed by atoms with van der Waals surface area (Å²) in [6, 6.07) is 7.58. The summed E-state index contributed by atoms with van der Waals surface area (Å²) in [5.74, 6) is 0.183. The number of anilines is 1. The van der Waals surface area contributed by atoms with E-state index in [9.17, 15) is 8.42 Å². The summed E-state index contributed by atoms with van der Waals surface area (Å²) in [5, 5.41) is 0. The first kappa shape index (κ1) is 15.0. The van der Waals surface area contributed by atoms with Crippen molar-refractivity contribution in [1.82, 2.24) is 0 Å². The van der Waals surface area contributed by atoms with E-state index in [-0.39, 0.29) is 11.2 Å². The third-order valence-electron chi connectivity index (χ3n) is 2.77. The fourth-order valence-electron chi connectivity index (χ4n) is 1.78. The van der Waals surface area contributed by atoms with Gasteiger partial charge in [0, 0.05) is 0 Å². The van der Waals surface area contributed by atoms with Crippen LogP contribution in [0.25, 0.3) is 0 Å². The quantitative estimate of drug-likeness (QED) is 0.889. The lowest BCUT2D eigenvalue weighted by atomic mass is 9.86. The van der Waals surface area contributed by atoms with Gasteiger partial charge >= 0.3 is 0 Å². The smallest absolute Gasteiger partial charge is 0.232 e. The first-order valence-corrected chi connectivity index (χ1v) is 8.01. The molecule has 4 heteroatoms. The van der Waals surface area contributed by atoms with Crippen LogP contribution in [0, 0.1) is 0 Å². The molecule has 1 aromatic carbocycles.